The molecule has 0 saturated heterocycles. The maximum atomic E-state index is 13.9. The number of aromatic amines is 1. The van der Waals surface area contributed by atoms with E-state index in [4.69, 9.17) is 5.73 Å². The fourth-order valence-corrected chi connectivity index (χ4v) is 1.98. The van der Waals surface area contributed by atoms with E-state index in [-0.39, 0.29) is 5.82 Å². The molecule has 0 unspecified atom stereocenters. The van der Waals surface area contributed by atoms with Crippen molar-refractivity contribution in [2.24, 2.45) is 0 Å². The molecular formula is C14H11FN4. The van der Waals surface area contributed by atoms with Crippen LogP contribution in [0.25, 0.3) is 22.5 Å². The minimum absolute atomic E-state index is 0.303. The summed E-state index contributed by atoms with van der Waals surface area (Å²) < 4.78 is 13.9. The van der Waals surface area contributed by atoms with E-state index in [9.17, 15) is 4.39 Å². The second-order valence-corrected chi connectivity index (χ2v) is 4.05. The van der Waals surface area contributed by atoms with Gasteiger partial charge in [0.25, 0.3) is 0 Å². The lowest BCUT2D eigenvalue weighted by Gasteiger charge is -2.04. The third-order valence-electron chi connectivity index (χ3n) is 2.86. The van der Waals surface area contributed by atoms with Gasteiger partial charge in [-0.05, 0) is 24.3 Å². The first-order valence-corrected chi connectivity index (χ1v) is 5.77. The summed E-state index contributed by atoms with van der Waals surface area (Å²) in [6, 6.07) is 11.9. The van der Waals surface area contributed by atoms with Crippen molar-refractivity contribution in [3.05, 3.63) is 54.5 Å². The lowest BCUT2D eigenvalue weighted by atomic mass is 10.0. The number of nitrogens with one attached hydrogen (secondary N) is 1. The standard InChI is InChI=1S/C14H11FN4/c15-10-6-2-1-5-9(10)13-12(14(16)19-18-13)11-7-3-4-8-17-11/h1-8H,(H3,16,18,19). The van der Waals surface area contributed by atoms with Crippen molar-refractivity contribution >= 4 is 5.82 Å². The van der Waals surface area contributed by atoms with Crippen LogP contribution in [0.2, 0.25) is 0 Å². The quantitative estimate of drug-likeness (QED) is 0.738. The topological polar surface area (TPSA) is 67.6 Å². The van der Waals surface area contributed by atoms with E-state index >= 15 is 0 Å². The molecular weight excluding hydrogens is 243 g/mol. The third kappa shape index (κ3) is 1.95. The van der Waals surface area contributed by atoms with Crippen molar-refractivity contribution in [2.75, 3.05) is 5.73 Å². The van der Waals surface area contributed by atoms with E-state index in [0.29, 0.717) is 28.3 Å². The number of aromatic nitrogens is 3. The molecule has 19 heavy (non-hydrogen) atoms. The molecule has 1 aromatic carbocycles. The first-order chi connectivity index (χ1) is 9.27. The van der Waals surface area contributed by atoms with Gasteiger partial charge in [0.2, 0.25) is 0 Å². The Labute approximate surface area is 109 Å². The van der Waals surface area contributed by atoms with Crippen LogP contribution in [0.3, 0.4) is 0 Å². The Hall–Kier alpha value is -2.69. The number of nitrogens with two attached hydrogens (primary N) is 1. The predicted octanol–water partition coefficient (Wildman–Crippen LogP) is 2.86. The molecule has 0 aliphatic heterocycles. The summed E-state index contributed by atoms with van der Waals surface area (Å²) in [6.07, 6.45) is 1.66. The first-order valence-electron chi connectivity index (χ1n) is 5.77. The molecule has 0 saturated carbocycles. The summed E-state index contributed by atoms with van der Waals surface area (Å²) in [5.74, 6) is -0.0275. The molecule has 3 N–H and O–H groups in total. The van der Waals surface area contributed by atoms with Crippen LogP contribution in [0.15, 0.2) is 48.7 Å². The second kappa shape index (κ2) is 4.53. The Bertz CT molecular complexity index is 706. The van der Waals surface area contributed by atoms with Gasteiger partial charge in [0.05, 0.1) is 17.0 Å². The second-order valence-electron chi connectivity index (χ2n) is 4.05. The van der Waals surface area contributed by atoms with Crippen LogP contribution >= 0.6 is 0 Å². The predicted molar refractivity (Wildman–Crippen MR) is 71.6 cm³/mol. The van der Waals surface area contributed by atoms with E-state index in [1.54, 1.807) is 24.4 Å². The Morgan fingerprint density at radius 3 is 2.58 bits per heavy atom. The molecule has 3 aromatic rings. The molecule has 0 spiro atoms. The number of rotatable bonds is 2. The van der Waals surface area contributed by atoms with Crippen LogP contribution in [-0.2, 0) is 0 Å². The van der Waals surface area contributed by atoms with Crippen molar-refractivity contribution in [1.82, 2.24) is 15.2 Å². The van der Waals surface area contributed by atoms with Crippen LogP contribution in [0.5, 0.6) is 0 Å². The van der Waals surface area contributed by atoms with Crippen molar-refractivity contribution in [1.29, 1.82) is 0 Å². The van der Waals surface area contributed by atoms with Gasteiger partial charge in [-0.1, -0.05) is 18.2 Å². The van der Waals surface area contributed by atoms with Crippen LogP contribution in [0.1, 0.15) is 0 Å². The molecule has 3 rings (SSSR count). The number of benzene rings is 1. The molecule has 0 bridgehead atoms. The lowest BCUT2D eigenvalue weighted by molar-refractivity contribution is 0.630. The molecule has 2 aromatic heterocycles. The molecule has 0 aliphatic carbocycles. The number of anilines is 1. The van der Waals surface area contributed by atoms with Crippen molar-refractivity contribution in [2.45, 2.75) is 0 Å². The minimum atomic E-state index is -0.330. The Morgan fingerprint density at radius 1 is 1.05 bits per heavy atom. The maximum absolute atomic E-state index is 13.9. The van der Waals surface area contributed by atoms with E-state index < -0.39 is 0 Å². The van der Waals surface area contributed by atoms with Gasteiger partial charge < -0.3 is 5.73 Å². The summed E-state index contributed by atoms with van der Waals surface area (Å²) in [5, 5.41) is 6.73. The minimum Gasteiger partial charge on any atom is -0.382 e. The van der Waals surface area contributed by atoms with E-state index in [1.165, 1.54) is 6.07 Å². The average Bonchev–Trinajstić information content (AvgIpc) is 2.82. The molecule has 2 heterocycles. The number of pyridine rings is 1. The van der Waals surface area contributed by atoms with Gasteiger partial charge in [0.15, 0.2) is 5.82 Å². The summed E-state index contributed by atoms with van der Waals surface area (Å²) in [6.45, 7) is 0. The zero-order valence-electron chi connectivity index (χ0n) is 9.97. The SMILES string of the molecule is Nc1n[nH]c(-c2ccccc2F)c1-c1ccccn1. The molecule has 4 nitrogen and oxygen atoms in total. The average molecular weight is 254 g/mol. The summed E-state index contributed by atoms with van der Waals surface area (Å²) >= 11 is 0. The summed E-state index contributed by atoms with van der Waals surface area (Å²) in [4.78, 5) is 4.24. The number of nitrogen functional groups attached to an aromatic ring is 1. The maximum Gasteiger partial charge on any atom is 0.155 e. The largest absolute Gasteiger partial charge is 0.382 e. The highest BCUT2D eigenvalue weighted by molar-refractivity contribution is 5.86. The fraction of sp³-hybridized carbons (Fsp3) is 0. The van der Waals surface area contributed by atoms with Gasteiger partial charge in [-0.15, -0.1) is 0 Å². The summed E-state index contributed by atoms with van der Waals surface area (Å²) in [5.41, 5.74) is 8.09. The van der Waals surface area contributed by atoms with E-state index in [0.717, 1.165) is 0 Å². The van der Waals surface area contributed by atoms with Crippen molar-refractivity contribution in [3.8, 4) is 22.5 Å². The Balaban J connectivity index is 2.23. The van der Waals surface area contributed by atoms with E-state index in [2.05, 4.69) is 15.2 Å². The molecule has 0 atom stereocenters. The van der Waals surface area contributed by atoms with Gasteiger partial charge >= 0.3 is 0 Å². The van der Waals surface area contributed by atoms with Gasteiger partial charge in [-0.3, -0.25) is 10.1 Å². The number of hydrogen-bond acceptors (Lipinski definition) is 3. The molecule has 0 amide bonds. The van der Waals surface area contributed by atoms with Gasteiger partial charge in [-0.2, -0.15) is 5.10 Å². The molecule has 0 radical (unpaired) electrons. The van der Waals surface area contributed by atoms with Gasteiger partial charge in [0, 0.05) is 11.8 Å². The van der Waals surface area contributed by atoms with Crippen LogP contribution in [-0.4, -0.2) is 15.2 Å². The van der Waals surface area contributed by atoms with E-state index in [1.807, 2.05) is 18.2 Å². The van der Waals surface area contributed by atoms with Crippen LogP contribution < -0.4 is 5.73 Å². The monoisotopic (exact) mass is 254 g/mol. The summed E-state index contributed by atoms with van der Waals surface area (Å²) in [7, 11) is 0. The highest BCUT2D eigenvalue weighted by Crippen LogP contribution is 2.34. The highest BCUT2D eigenvalue weighted by atomic mass is 19.1. The fourth-order valence-electron chi connectivity index (χ4n) is 1.98. The Morgan fingerprint density at radius 2 is 1.84 bits per heavy atom. The molecule has 0 aliphatic rings. The number of H-pyrrole nitrogens is 1. The Kier molecular flexibility index (Phi) is 2.72. The molecule has 0 fully saturated rings. The zero-order valence-corrected chi connectivity index (χ0v) is 9.97. The van der Waals surface area contributed by atoms with Crippen molar-refractivity contribution in [3.63, 3.8) is 0 Å². The number of nitrogens with zero attached hydrogens (tertiary/aromatic N) is 2. The molecule has 94 valence electrons. The normalized spacial score (nSPS) is 10.6. The highest BCUT2D eigenvalue weighted by Gasteiger charge is 2.17. The molecule has 5 heteroatoms. The van der Waals surface area contributed by atoms with Gasteiger partial charge in [-0.25, -0.2) is 4.39 Å². The third-order valence-corrected chi connectivity index (χ3v) is 2.86. The zero-order chi connectivity index (χ0) is 13.2. The van der Waals surface area contributed by atoms with Gasteiger partial charge in [0.1, 0.15) is 5.82 Å². The smallest absolute Gasteiger partial charge is 0.155 e. The number of hydrogen-bond donors (Lipinski definition) is 2. The first kappa shape index (κ1) is 11.4. The number of halogens is 1. The lowest BCUT2D eigenvalue weighted by Crippen LogP contribution is -1.91. The van der Waals surface area contributed by atoms with Crippen LogP contribution in [0.4, 0.5) is 10.2 Å². The van der Waals surface area contributed by atoms with Crippen molar-refractivity contribution < 1.29 is 4.39 Å². The van der Waals surface area contributed by atoms with Crippen LogP contribution in [0, 0.1) is 5.82 Å².